The molecule has 1 aliphatic heterocycles. The number of morpholine rings is 1. The molecule has 0 aromatic carbocycles. The molecule has 11 nitrogen and oxygen atoms in total. The zero-order chi connectivity index (χ0) is 20.2. The average Bonchev–Trinajstić information content (AvgIpc) is 3.13. The Balaban J connectivity index is 1.60. The van der Waals surface area contributed by atoms with Crippen LogP contribution in [0.25, 0.3) is 0 Å². The largest absolute Gasteiger partial charge is 0.452 e. The minimum Gasteiger partial charge on any atom is -0.452 e. The molecule has 0 radical (unpaired) electrons. The van der Waals surface area contributed by atoms with Crippen LogP contribution in [0, 0.1) is 12.7 Å². The highest BCUT2D eigenvalue weighted by Gasteiger charge is 2.20. The number of aromatic amines is 1. The van der Waals surface area contributed by atoms with Crippen LogP contribution in [0.5, 0.6) is 6.01 Å². The molecule has 1 aliphatic rings. The van der Waals surface area contributed by atoms with Gasteiger partial charge in [-0.05, 0) is 13.8 Å². The number of aromatic nitrogens is 7. The minimum atomic E-state index is -0.587. The maximum absolute atomic E-state index is 13.1. The molecule has 0 amide bonds. The Kier molecular flexibility index (Phi) is 5.42. The van der Waals surface area contributed by atoms with Crippen LogP contribution in [0.15, 0.2) is 18.5 Å². The van der Waals surface area contributed by atoms with E-state index in [0.29, 0.717) is 43.9 Å². The predicted octanol–water partition coefficient (Wildman–Crippen LogP) is 1.55. The summed E-state index contributed by atoms with van der Waals surface area (Å²) in [5.74, 6) is 1.12. The highest BCUT2D eigenvalue weighted by atomic mass is 19.1. The number of nitrogens with one attached hydrogen (secondary N) is 2. The monoisotopic (exact) mass is 401 g/mol. The van der Waals surface area contributed by atoms with E-state index < -0.39 is 11.9 Å². The Bertz CT molecular complexity index is 960. The third-order valence-electron chi connectivity index (χ3n) is 4.13. The van der Waals surface area contributed by atoms with Crippen molar-refractivity contribution in [3.63, 3.8) is 0 Å². The molecule has 1 saturated heterocycles. The van der Waals surface area contributed by atoms with E-state index in [1.807, 2.05) is 17.9 Å². The lowest BCUT2D eigenvalue weighted by Gasteiger charge is -2.27. The third kappa shape index (κ3) is 4.71. The number of rotatable bonds is 6. The smallest absolute Gasteiger partial charge is 0.323 e. The lowest BCUT2D eigenvalue weighted by Crippen LogP contribution is -2.37. The summed E-state index contributed by atoms with van der Waals surface area (Å²) in [5.41, 5.74) is 0.897. The average molecular weight is 401 g/mol. The summed E-state index contributed by atoms with van der Waals surface area (Å²) in [6.07, 6.45) is 1.58. The summed E-state index contributed by atoms with van der Waals surface area (Å²) in [5, 5.41) is 10.0. The molecule has 152 valence electrons. The van der Waals surface area contributed by atoms with E-state index in [1.165, 1.54) is 0 Å². The summed E-state index contributed by atoms with van der Waals surface area (Å²) >= 11 is 0. The Hall–Kier alpha value is -3.41. The Labute approximate surface area is 165 Å². The van der Waals surface area contributed by atoms with Crippen molar-refractivity contribution in [2.75, 3.05) is 36.5 Å². The van der Waals surface area contributed by atoms with Crippen LogP contribution in [0.3, 0.4) is 0 Å². The maximum atomic E-state index is 13.1. The predicted molar refractivity (Wildman–Crippen MR) is 100 cm³/mol. The molecule has 29 heavy (non-hydrogen) atoms. The van der Waals surface area contributed by atoms with Gasteiger partial charge in [0.05, 0.1) is 25.6 Å². The van der Waals surface area contributed by atoms with Gasteiger partial charge < -0.3 is 19.7 Å². The fourth-order valence-corrected chi connectivity index (χ4v) is 2.70. The second-order valence-electron chi connectivity index (χ2n) is 6.42. The van der Waals surface area contributed by atoms with Crippen molar-refractivity contribution >= 4 is 17.7 Å². The molecule has 4 rings (SSSR count). The standard InChI is InChI=1S/C17H20FN9O2/c1-10-7-13(26-25-10)21-15-22-16(27-3-5-28-6-4-27)24-17(23-15)29-11(2)14-19-8-12(18)9-20-14/h7-9,11H,3-6H2,1-2H3,(H2,21,22,23,24,25,26). The molecule has 2 N–H and O–H groups in total. The lowest BCUT2D eigenvalue weighted by atomic mass is 10.4. The van der Waals surface area contributed by atoms with Gasteiger partial charge in [0.15, 0.2) is 23.6 Å². The molecule has 0 saturated carbocycles. The molecule has 1 unspecified atom stereocenters. The second-order valence-corrected chi connectivity index (χ2v) is 6.42. The van der Waals surface area contributed by atoms with Crippen molar-refractivity contribution in [3.05, 3.63) is 35.8 Å². The molecule has 3 aromatic heterocycles. The first-order valence-corrected chi connectivity index (χ1v) is 9.09. The van der Waals surface area contributed by atoms with E-state index in [4.69, 9.17) is 9.47 Å². The van der Waals surface area contributed by atoms with Crippen LogP contribution in [-0.4, -0.2) is 61.4 Å². The SMILES string of the molecule is Cc1cc(Nc2nc(OC(C)c3ncc(F)cn3)nc(N3CCOCC3)n2)n[nH]1. The molecular formula is C17H20FN9O2. The van der Waals surface area contributed by atoms with Gasteiger partial charge >= 0.3 is 6.01 Å². The molecule has 4 heterocycles. The number of halogens is 1. The van der Waals surface area contributed by atoms with Gasteiger partial charge in [-0.15, -0.1) is 0 Å². The fourth-order valence-electron chi connectivity index (χ4n) is 2.70. The molecule has 0 aliphatic carbocycles. The highest BCUT2D eigenvalue weighted by Crippen LogP contribution is 2.22. The number of hydrogen-bond acceptors (Lipinski definition) is 10. The molecule has 1 atom stereocenters. The summed E-state index contributed by atoms with van der Waals surface area (Å²) in [6, 6.07) is 1.92. The molecule has 0 bridgehead atoms. The summed E-state index contributed by atoms with van der Waals surface area (Å²) in [4.78, 5) is 23.1. The van der Waals surface area contributed by atoms with Gasteiger partial charge in [-0.2, -0.15) is 20.1 Å². The van der Waals surface area contributed by atoms with E-state index in [0.717, 1.165) is 18.1 Å². The van der Waals surface area contributed by atoms with Crippen molar-refractivity contribution in [1.29, 1.82) is 0 Å². The number of anilines is 3. The van der Waals surface area contributed by atoms with Crippen LogP contribution in [0.1, 0.15) is 24.5 Å². The van der Waals surface area contributed by atoms with E-state index >= 15 is 0 Å². The van der Waals surface area contributed by atoms with Gasteiger partial charge in [0.25, 0.3) is 0 Å². The quantitative estimate of drug-likeness (QED) is 0.628. The summed E-state index contributed by atoms with van der Waals surface area (Å²) < 4.78 is 24.3. The van der Waals surface area contributed by atoms with E-state index in [1.54, 1.807) is 6.92 Å². The third-order valence-corrected chi connectivity index (χ3v) is 4.13. The van der Waals surface area contributed by atoms with E-state index in [-0.39, 0.29) is 12.0 Å². The van der Waals surface area contributed by atoms with Gasteiger partial charge in [-0.3, -0.25) is 5.10 Å². The second kappa shape index (κ2) is 8.31. The van der Waals surface area contributed by atoms with Crippen LogP contribution in [-0.2, 0) is 4.74 Å². The van der Waals surface area contributed by atoms with Crippen molar-refractivity contribution in [2.45, 2.75) is 20.0 Å². The zero-order valence-corrected chi connectivity index (χ0v) is 16.0. The van der Waals surface area contributed by atoms with Crippen LogP contribution >= 0.6 is 0 Å². The summed E-state index contributed by atoms with van der Waals surface area (Å²) in [7, 11) is 0. The van der Waals surface area contributed by atoms with Gasteiger partial charge in [0.2, 0.25) is 11.9 Å². The summed E-state index contributed by atoms with van der Waals surface area (Å²) in [6.45, 7) is 6.10. The number of ether oxygens (including phenoxy) is 2. The maximum Gasteiger partial charge on any atom is 0.323 e. The van der Waals surface area contributed by atoms with Gasteiger partial charge in [0.1, 0.15) is 0 Å². The Morgan fingerprint density at radius 1 is 1.21 bits per heavy atom. The first-order valence-electron chi connectivity index (χ1n) is 9.09. The van der Waals surface area contributed by atoms with Crippen molar-refractivity contribution < 1.29 is 13.9 Å². The molecule has 1 fully saturated rings. The normalized spacial score (nSPS) is 15.2. The first kappa shape index (κ1) is 18.9. The molecular weight excluding hydrogens is 381 g/mol. The van der Waals surface area contributed by atoms with E-state index in [9.17, 15) is 4.39 Å². The van der Waals surface area contributed by atoms with Gasteiger partial charge in [0, 0.05) is 24.8 Å². The fraction of sp³-hybridized carbons (Fsp3) is 0.412. The van der Waals surface area contributed by atoms with Crippen molar-refractivity contribution in [3.8, 4) is 6.01 Å². The zero-order valence-electron chi connectivity index (χ0n) is 16.0. The Morgan fingerprint density at radius 3 is 2.66 bits per heavy atom. The van der Waals surface area contributed by atoms with Crippen LogP contribution in [0.2, 0.25) is 0 Å². The number of H-pyrrole nitrogens is 1. The van der Waals surface area contributed by atoms with Crippen molar-refractivity contribution in [1.82, 2.24) is 35.1 Å². The molecule has 3 aromatic rings. The number of nitrogens with zero attached hydrogens (tertiary/aromatic N) is 7. The Morgan fingerprint density at radius 2 is 1.97 bits per heavy atom. The van der Waals surface area contributed by atoms with Gasteiger partial charge in [-0.1, -0.05) is 0 Å². The number of hydrogen-bond donors (Lipinski definition) is 2. The topological polar surface area (TPSA) is 127 Å². The number of aryl methyl sites for hydroxylation is 1. The first-order chi connectivity index (χ1) is 14.1. The lowest BCUT2D eigenvalue weighted by molar-refractivity contribution is 0.121. The van der Waals surface area contributed by atoms with E-state index in [2.05, 4.69) is 40.4 Å². The van der Waals surface area contributed by atoms with Gasteiger partial charge in [-0.25, -0.2) is 14.4 Å². The highest BCUT2D eigenvalue weighted by molar-refractivity contribution is 5.50. The van der Waals surface area contributed by atoms with Crippen molar-refractivity contribution in [2.24, 2.45) is 0 Å². The minimum absolute atomic E-state index is 0.0941. The van der Waals surface area contributed by atoms with Crippen LogP contribution in [0.4, 0.5) is 22.1 Å². The molecule has 0 spiro atoms. The van der Waals surface area contributed by atoms with Crippen LogP contribution < -0.4 is 15.0 Å². The molecule has 12 heteroatoms.